The van der Waals surface area contributed by atoms with Crippen molar-refractivity contribution in [2.45, 2.75) is 18.7 Å². The van der Waals surface area contributed by atoms with E-state index in [1.54, 1.807) is 4.90 Å². The Hall–Kier alpha value is -1.77. The van der Waals surface area contributed by atoms with E-state index in [1.807, 2.05) is 18.7 Å². The molecule has 26 heavy (non-hydrogen) atoms. The molecule has 6 nitrogen and oxygen atoms in total. The van der Waals surface area contributed by atoms with Crippen molar-refractivity contribution in [3.8, 4) is 0 Å². The molecule has 1 fully saturated rings. The average Bonchev–Trinajstić information content (AvgIpc) is 2.60. The van der Waals surface area contributed by atoms with Crippen molar-refractivity contribution in [3.05, 3.63) is 42.2 Å². The molecule has 0 unspecified atom stereocenters. The lowest BCUT2D eigenvalue weighted by Crippen LogP contribution is -2.52. The predicted molar refractivity (Wildman–Crippen MR) is 98.7 cm³/mol. The summed E-state index contributed by atoms with van der Waals surface area (Å²) in [5.74, 6) is -0.604. The van der Waals surface area contributed by atoms with Crippen LogP contribution >= 0.6 is 0 Å². The fraction of sp³-hybridized carbons (Fsp3) is 0.500. The minimum atomic E-state index is -3.74. The Balaban J connectivity index is 1.96. The molecule has 1 aliphatic heterocycles. The zero-order valence-electron chi connectivity index (χ0n) is 15.3. The van der Waals surface area contributed by atoms with Crippen molar-refractivity contribution in [3.63, 3.8) is 0 Å². The van der Waals surface area contributed by atoms with Gasteiger partial charge in [-0.25, -0.2) is 12.8 Å². The molecule has 0 spiro atoms. The molecular formula is C18H26FN3O3S. The number of piperazine rings is 1. The second-order valence-corrected chi connectivity index (χ2v) is 8.44. The van der Waals surface area contributed by atoms with Gasteiger partial charge in [-0.2, -0.15) is 4.31 Å². The quantitative estimate of drug-likeness (QED) is 0.671. The standard InChI is InChI=1S/C18H26FN3O3S/c1-4-20(13-15(2)3)14-18(23)21-8-10-22(11-9-21)26(24,25)17-7-5-6-16(19)12-17/h5-7,12H,2,4,8-11,13-14H2,1,3H3. The molecule has 1 aliphatic rings. The van der Waals surface area contributed by atoms with Crippen LogP contribution in [0.15, 0.2) is 41.3 Å². The van der Waals surface area contributed by atoms with Crippen LogP contribution in [-0.2, 0) is 14.8 Å². The van der Waals surface area contributed by atoms with E-state index in [0.717, 1.165) is 18.2 Å². The summed E-state index contributed by atoms with van der Waals surface area (Å²) in [6.45, 7) is 10.5. The fourth-order valence-corrected chi connectivity index (χ4v) is 4.36. The van der Waals surface area contributed by atoms with Crippen LogP contribution in [0.2, 0.25) is 0 Å². The van der Waals surface area contributed by atoms with Gasteiger partial charge in [0.15, 0.2) is 0 Å². The maximum absolute atomic E-state index is 13.3. The molecule has 0 N–H and O–H groups in total. The summed E-state index contributed by atoms with van der Waals surface area (Å²) in [5.41, 5.74) is 0.991. The molecule has 0 radical (unpaired) electrons. The summed E-state index contributed by atoms with van der Waals surface area (Å²) in [5, 5.41) is 0. The number of hydrogen-bond acceptors (Lipinski definition) is 4. The lowest BCUT2D eigenvalue weighted by molar-refractivity contribution is -0.133. The summed E-state index contributed by atoms with van der Waals surface area (Å²) < 4.78 is 39.8. The molecule has 0 atom stereocenters. The zero-order chi connectivity index (χ0) is 19.3. The first-order chi connectivity index (χ1) is 12.2. The minimum Gasteiger partial charge on any atom is -0.339 e. The maximum Gasteiger partial charge on any atom is 0.243 e. The second kappa shape index (κ2) is 8.75. The summed E-state index contributed by atoms with van der Waals surface area (Å²) >= 11 is 0. The van der Waals surface area contributed by atoms with Crippen LogP contribution in [0.1, 0.15) is 13.8 Å². The molecule has 0 bridgehead atoms. The number of halogens is 1. The number of hydrogen-bond donors (Lipinski definition) is 0. The van der Waals surface area contributed by atoms with Gasteiger partial charge < -0.3 is 4.90 Å². The van der Waals surface area contributed by atoms with Crippen molar-refractivity contribution < 1.29 is 17.6 Å². The molecule has 1 saturated heterocycles. The number of carbonyl (C=O) groups excluding carboxylic acids is 1. The van der Waals surface area contributed by atoms with Gasteiger partial charge in [0.2, 0.25) is 15.9 Å². The SMILES string of the molecule is C=C(C)CN(CC)CC(=O)N1CCN(S(=O)(=O)c2cccc(F)c2)CC1. The normalized spacial score (nSPS) is 16.1. The van der Waals surface area contributed by atoms with E-state index in [1.165, 1.54) is 22.5 Å². The minimum absolute atomic E-state index is 0.0177. The molecule has 1 heterocycles. The molecular weight excluding hydrogens is 357 g/mol. The van der Waals surface area contributed by atoms with Crippen molar-refractivity contribution in [1.29, 1.82) is 0 Å². The zero-order valence-corrected chi connectivity index (χ0v) is 16.1. The van der Waals surface area contributed by atoms with Crippen LogP contribution in [0.3, 0.4) is 0 Å². The summed E-state index contributed by atoms with van der Waals surface area (Å²) in [4.78, 5) is 16.1. The third-order valence-electron chi connectivity index (χ3n) is 4.32. The summed E-state index contributed by atoms with van der Waals surface area (Å²) in [6, 6.07) is 4.99. The lowest BCUT2D eigenvalue weighted by Gasteiger charge is -2.35. The highest BCUT2D eigenvalue weighted by atomic mass is 32.2. The molecule has 0 saturated carbocycles. The van der Waals surface area contributed by atoms with Crippen molar-refractivity contribution >= 4 is 15.9 Å². The van der Waals surface area contributed by atoms with Gasteiger partial charge in [-0.1, -0.05) is 25.1 Å². The first-order valence-electron chi connectivity index (χ1n) is 8.64. The van der Waals surface area contributed by atoms with Crippen LogP contribution in [0.25, 0.3) is 0 Å². The van der Waals surface area contributed by atoms with E-state index in [0.29, 0.717) is 26.2 Å². The van der Waals surface area contributed by atoms with Gasteiger partial charge in [-0.3, -0.25) is 9.69 Å². The van der Waals surface area contributed by atoms with Gasteiger partial charge in [-0.15, -0.1) is 0 Å². The van der Waals surface area contributed by atoms with Gasteiger partial charge in [0, 0.05) is 32.7 Å². The molecule has 8 heteroatoms. The smallest absolute Gasteiger partial charge is 0.243 e. The Morgan fingerprint density at radius 1 is 1.23 bits per heavy atom. The predicted octanol–water partition coefficient (Wildman–Crippen LogP) is 1.56. The van der Waals surface area contributed by atoms with Crippen LogP contribution in [0.5, 0.6) is 0 Å². The molecule has 1 amide bonds. The number of nitrogens with zero attached hydrogens (tertiary/aromatic N) is 3. The third-order valence-corrected chi connectivity index (χ3v) is 6.22. The van der Waals surface area contributed by atoms with E-state index < -0.39 is 15.8 Å². The Morgan fingerprint density at radius 2 is 1.88 bits per heavy atom. The van der Waals surface area contributed by atoms with E-state index in [2.05, 4.69) is 6.58 Å². The number of benzene rings is 1. The van der Waals surface area contributed by atoms with Gasteiger partial charge >= 0.3 is 0 Å². The molecule has 0 aromatic heterocycles. The van der Waals surface area contributed by atoms with Gasteiger partial charge in [0.1, 0.15) is 5.82 Å². The molecule has 1 aromatic rings. The highest BCUT2D eigenvalue weighted by Gasteiger charge is 2.30. The number of likely N-dealkylation sites (N-methyl/N-ethyl adjacent to an activating group) is 1. The van der Waals surface area contributed by atoms with Gasteiger partial charge in [0.25, 0.3) is 0 Å². The van der Waals surface area contributed by atoms with Crippen molar-refractivity contribution in [1.82, 2.24) is 14.1 Å². The fourth-order valence-electron chi connectivity index (χ4n) is 2.91. The number of rotatable bonds is 7. The third kappa shape index (κ3) is 5.12. The topological polar surface area (TPSA) is 60.9 Å². The van der Waals surface area contributed by atoms with Crippen LogP contribution in [0.4, 0.5) is 4.39 Å². The Labute approximate surface area is 154 Å². The highest BCUT2D eigenvalue weighted by Crippen LogP contribution is 2.18. The van der Waals surface area contributed by atoms with Crippen LogP contribution < -0.4 is 0 Å². The van der Waals surface area contributed by atoms with Crippen molar-refractivity contribution in [2.24, 2.45) is 0 Å². The van der Waals surface area contributed by atoms with E-state index >= 15 is 0 Å². The van der Waals surface area contributed by atoms with Crippen LogP contribution in [-0.4, -0.2) is 74.2 Å². The van der Waals surface area contributed by atoms with E-state index in [-0.39, 0.29) is 23.9 Å². The van der Waals surface area contributed by atoms with Crippen molar-refractivity contribution in [2.75, 3.05) is 45.8 Å². The average molecular weight is 383 g/mol. The molecule has 2 rings (SSSR count). The maximum atomic E-state index is 13.3. The number of carbonyl (C=O) groups is 1. The lowest BCUT2D eigenvalue weighted by atomic mass is 10.3. The van der Waals surface area contributed by atoms with Gasteiger partial charge in [0.05, 0.1) is 11.4 Å². The Morgan fingerprint density at radius 3 is 2.42 bits per heavy atom. The first kappa shape index (κ1) is 20.5. The summed E-state index contributed by atoms with van der Waals surface area (Å²) in [6.07, 6.45) is 0. The van der Waals surface area contributed by atoms with Gasteiger partial charge in [-0.05, 0) is 31.7 Å². The second-order valence-electron chi connectivity index (χ2n) is 6.50. The van der Waals surface area contributed by atoms with Crippen LogP contribution in [0, 0.1) is 5.82 Å². The molecule has 0 aliphatic carbocycles. The monoisotopic (exact) mass is 383 g/mol. The molecule has 1 aromatic carbocycles. The first-order valence-corrected chi connectivity index (χ1v) is 10.1. The summed E-state index contributed by atoms with van der Waals surface area (Å²) in [7, 11) is -3.74. The Kier molecular flexibility index (Phi) is 6.91. The number of amides is 1. The number of sulfonamides is 1. The highest BCUT2D eigenvalue weighted by molar-refractivity contribution is 7.89. The van der Waals surface area contributed by atoms with E-state index in [9.17, 15) is 17.6 Å². The Bertz CT molecular complexity index is 759. The largest absolute Gasteiger partial charge is 0.339 e. The molecule has 144 valence electrons. The van der Waals surface area contributed by atoms with E-state index in [4.69, 9.17) is 0 Å².